The summed E-state index contributed by atoms with van der Waals surface area (Å²) in [6, 6.07) is 11.2. The van der Waals surface area contributed by atoms with Gasteiger partial charge in [0, 0.05) is 12.6 Å². The number of hydrogen-bond acceptors (Lipinski definition) is 1. The zero-order chi connectivity index (χ0) is 9.64. The predicted octanol–water partition coefficient (Wildman–Crippen LogP) is 2.88. The molecule has 1 aromatic rings. The summed E-state index contributed by atoms with van der Waals surface area (Å²) in [6.45, 7) is 0.982. The van der Waals surface area contributed by atoms with Gasteiger partial charge in [-0.05, 0) is 24.8 Å². The molecule has 0 aromatic heterocycles. The van der Waals surface area contributed by atoms with Gasteiger partial charge in [-0.15, -0.1) is 0 Å². The molecule has 0 radical (unpaired) electrons. The molecule has 0 unspecified atom stereocenters. The smallest absolute Gasteiger partial charge is 0.0253 e. The second-order valence-electron chi connectivity index (χ2n) is 3.83. The summed E-state index contributed by atoms with van der Waals surface area (Å²) in [4.78, 5) is 0. The lowest BCUT2D eigenvalue weighted by molar-refractivity contribution is 0.522. The van der Waals surface area contributed by atoms with Crippen molar-refractivity contribution in [1.82, 2.24) is 5.32 Å². The van der Waals surface area contributed by atoms with Crippen molar-refractivity contribution in [1.29, 1.82) is 0 Å². The number of nitrogens with one attached hydrogen (secondary N) is 1. The minimum absolute atomic E-state index is 0.587. The van der Waals surface area contributed by atoms with Crippen LogP contribution >= 0.6 is 0 Å². The molecule has 0 fully saturated rings. The van der Waals surface area contributed by atoms with Crippen molar-refractivity contribution >= 4 is 0 Å². The maximum absolute atomic E-state index is 3.55. The van der Waals surface area contributed by atoms with Crippen LogP contribution in [0.1, 0.15) is 24.8 Å². The Morgan fingerprint density at radius 3 is 2.79 bits per heavy atom. The van der Waals surface area contributed by atoms with Gasteiger partial charge in [0.15, 0.2) is 0 Å². The molecule has 0 heterocycles. The zero-order valence-electron chi connectivity index (χ0n) is 8.45. The van der Waals surface area contributed by atoms with E-state index in [-0.39, 0.29) is 0 Å². The van der Waals surface area contributed by atoms with Gasteiger partial charge in [-0.25, -0.2) is 0 Å². The molecule has 0 aliphatic heterocycles. The topological polar surface area (TPSA) is 12.0 Å². The summed E-state index contributed by atoms with van der Waals surface area (Å²) >= 11 is 0. The number of allylic oxidation sites excluding steroid dienone is 1. The predicted molar refractivity (Wildman–Crippen MR) is 60.1 cm³/mol. The Hall–Kier alpha value is -1.08. The quantitative estimate of drug-likeness (QED) is 0.717. The molecule has 0 saturated carbocycles. The van der Waals surface area contributed by atoms with E-state index in [1.807, 2.05) is 0 Å². The molecule has 14 heavy (non-hydrogen) atoms. The maximum atomic E-state index is 3.55. The average molecular weight is 187 g/mol. The molecule has 0 saturated heterocycles. The van der Waals surface area contributed by atoms with Crippen molar-refractivity contribution in [2.45, 2.75) is 31.8 Å². The monoisotopic (exact) mass is 187 g/mol. The molecule has 2 rings (SSSR count). The lowest BCUT2D eigenvalue weighted by Crippen LogP contribution is -2.27. The van der Waals surface area contributed by atoms with Crippen molar-refractivity contribution in [3.05, 3.63) is 48.0 Å². The lowest BCUT2D eigenvalue weighted by Gasteiger charge is -2.17. The fourth-order valence-electron chi connectivity index (χ4n) is 1.83. The van der Waals surface area contributed by atoms with E-state index in [1.165, 1.54) is 24.8 Å². The molecule has 0 bridgehead atoms. The van der Waals surface area contributed by atoms with Crippen molar-refractivity contribution in [2.24, 2.45) is 0 Å². The van der Waals surface area contributed by atoms with Gasteiger partial charge in [0.05, 0.1) is 0 Å². The molecule has 1 heteroatoms. The number of rotatable bonds is 3. The highest BCUT2D eigenvalue weighted by atomic mass is 14.9. The van der Waals surface area contributed by atoms with Crippen LogP contribution in [-0.4, -0.2) is 6.04 Å². The lowest BCUT2D eigenvalue weighted by atomic mass is 10.0. The molecule has 1 aliphatic rings. The summed E-state index contributed by atoms with van der Waals surface area (Å²) < 4.78 is 0. The summed E-state index contributed by atoms with van der Waals surface area (Å²) in [6.07, 6.45) is 8.44. The molecule has 1 aliphatic carbocycles. The Balaban J connectivity index is 1.82. The Labute approximate surface area is 85.8 Å². The molecule has 0 spiro atoms. The van der Waals surface area contributed by atoms with E-state index in [9.17, 15) is 0 Å². The standard InChI is InChI=1S/C13H17N/c1-3-7-12(8-4-1)11-14-13-9-5-2-6-10-13/h1,3-5,7-9,13-14H,2,6,10-11H2/t13-/m1/s1. The highest BCUT2D eigenvalue weighted by Gasteiger charge is 2.06. The fraction of sp³-hybridized carbons (Fsp3) is 0.385. The van der Waals surface area contributed by atoms with Gasteiger partial charge in [-0.1, -0.05) is 42.5 Å². The summed E-state index contributed by atoms with van der Waals surface area (Å²) in [5, 5.41) is 3.55. The van der Waals surface area contributed by atoms with Gasteiger partial charge >= 0.3 is 0 Å². The zero-order valence-corrected chi connectivity index (χ0v) is 8.45. The van der Waals surface area contributed by atoms with Crippen LogP contribution in [0.5, 0.6) is 0 Å². The van der Waals surface area contributed by atoms with Crippen LogP contribution in [0, 0.1) is 0 Å². The third kappa shape index (κ3) is 2.71. The molecule has 1 N–H and O–H groups in total. The molecule has 0 amide bonds. The summed E-state index contributed by atoms with van der Waals surface area (Å²) in [5.41, 5.74) is 1.37. The van der Waals surface area contributed by atoms with Gasteiger partial charge in [-0.2, -0.15) is 0 Å². The van der Waals surface area contributed by atoms with Crippen molar-refractivity contribution in [3.8, 4) is 0 Å². The Kier molecular flexibility index (Phi) is 3.36. The van der Waals surface area contributed by atoms with E-state index in [1.54, 1.807) is 0 Å². The van der Waals surface area contributed by atoms with Gasteiger partial charge in [0.1, 0.15) is 0 Å². The van der Waals surface area contributed by atoms with Gasteiger partial charge in [0.2, 0.25) is 0 Å². The van der Waals surface area contributed by atoms with Crippen LogP contribution < -0.4 is 5.32 Å². The highest BCUT2D eigenvalue weighted by molar-refractivity contribution is 5.14. The van der Waals surface area contributed by atoms with Crippen LogP contribution in [0.3, 0.4) is 0 Å². The molecular formula is C13H17N. The molecule has 74 valence electrons. The van der Waals surface area contributed by atoms with E-state index in [2.05, 4.69) is 47.8 Å². The minimum Gasteiger partial charge on any atom is -0.306 e. The van der Waals surface area contributed by atoms with Crippen LogP contribution in [0.2, 0.25) is 0 Å². The van der Waals surface area contributed by atoms with Gasteiger partial charge < -0.3 is 5.32 Å². The number of benzene rings is 1. The fourth-order valence-corrected chi connectivity index (χ4v) is 1.83. The molecule has 1 atom stereocenters. The largest absolute Gasteiger partial charge is 0.306 e. The Morgan fingerprint density at radius 2 is 2.07 bits per heavy atom. The van der Waals surface area contributed by atoms with Crippen LogP contribution in [0.15, 0.2) is 42.5 Å². The van der Waals surface area contributed by atoms with Crippen molar-refractivity contribution < 1.29 is 0 Å². The first kappa shape index (κ1) is 9.47. The van der Waals surface area contributed by atoms with E-state index in [4.69, 9.17) is 0 Å². The SMILES string of the molecule is C1=C[C@@H](NCc2ccccc2)CCC1. The summed E-state index contributed by atoms with van der Waals surface area (Å²) in [7, 11) is 0. The van der Waals surface area contributed by atoms with E-state index < -0.39 is 0 Å². The Bertz CT molecular complexity index is 289. The van der Waals surface area contributed by atoms with Crippen LogP contribution in [0.25, 0.3) is 0 Å². The van der Waals surface area contributed by atoms with Gasteiger partial charge in [0.25, 0.3) is 0 Å². The van der Waals surface area contributed by atoms with Crippen molar-refractivity contribution in [3.63, 3.8) is 0 Å². The second kappa shape index (κ2) is 4.97. The Morgan fingerprint density at radius 1 is 1.21 bits per heavy atom. The van der Waals surface area contributed by atoms with Gasteiger partial charge in [-0.3, -0.25) is 0 Å². The van der Waals surface area contributed by atoms with E-state index in [0.717, 1.165) is 6.54 Å². The van der Waals surface area contributed by atoms with Crippen LogP contribution in [0.4, 0.5) is 0 Å². The van der Waals surface area contributed by atoms with E-state index in [0.29, 0.717) is 6.04 Å². The third-order valence-electron chi connectivity index (χ3n) is 2.67. The van der Waals surface area contributed by atoms with Crippen LogP contribution in [-0.2, 0) is 6.54 Å². The van der Waals surface area contributed by atoms with E-state index >= 15 is 0 Å². The average Bonchev–Trinajstić information content (AvgIpc) is 2.29. The highest BCUT2D eigenvalue weighted by Crippen LogP contribution is 2.10. The minimum atomic E-state index is 0.587. The molecule has 1 nitrogen and oxygen atoms in total. The second-order valence-corrected chi connectivity index (χ2v) is 3.83. The third-order valence-corrected chi connectivity index (χ3v) is 2.67. The molecular weight excluding hydrogens is 170 g/mol. The normalized spacial score (nSPS) is 21.0. The summed E-state index contributed by atoms with van der Waals surface area (Å²) in [5.74, 6) is 0. The first-order valence-electron chi connectivity index (χ1n) is 5.39. The molecule has 1 aromatic carbocycles. The first-order valence-corrected chi connectivity index (χ1v) is 5.39. The number of hydrogen-bond donors (Lipinski definition) is 1. The first-order chi connectivity index (χ1) is 6.95. The maximum Gasteiger partial charge on any atom is 0.0253 e. The van der Waals surface area contributed by atoms with Crippen molar-refractivity contribution in [2.75, 3.05) is 0 Å².